The average molecular weight is 494 g/mol. The Kier molecular flexibility index (Phi) is 8.04. The van der Waals surface area contributed by atoms with Gasteiger partial charge < -0.3 is 24.8 Å². The predicted molar refractivity (Wildman–Crippen MR) is 133 cm³/mol. The quantitative estimate of drug-likeness (QED) is 0.373. The molecule has 190 valence electrons. The van der Waals surface area contributed by atoms with Gasteiger partial charge in [-0.05, 0) is 56.9 Å². The maximum absolute atomic E-state index is 12.8. The molecule has 1 aromatic heterocycles. The van der Waals surface area contributed by atoms with Crippen LogP contribution in [-0.4, -0.2) is 60.2 Å². The lowest BCUT2D eigenvalue weighted by Gasteiger charge is -2.12. The SMILES string of the molecule is CCNC(=O)c1ccc(-n2nnc(C(=O)NC3CC3)c2CCCOc2cc(OC)cc(OC)c2)cc1. The molecule has 2 aromatic carbocycles. The van der Waals surface area contributed by atoms with Crippen LogP contribution in [0.1, 0.15) is 52.7 Å². The minimum absolute atomic E-state index is 0.140. The highest BCUT2D eigenvalue weighted by molar-refractivity contribution is 5.94. The molecule has 3 aromatic rings. The van der Waals surface area contributed by atoms with Gasteiger partial charge in [-0.2, -0.15) is 0 Å². The van der Waals surface area contributed by atoms with E-state index in [0.29, 0.717) is 60.2 Å². The van der Waals surface area contributed by atoms with Crippen molar-refractivity contribution in [3.05, 3.63) is 59.4 Å². The summed E-state index contributed by atoms with van der Waals surface area (Å²) in [6, 6.07) is 12.6. The molecule has 0 atom stereocenters. The van der Waals surface area contributed by atoms with E-state index >= 15 is 0 Å². The highest BCUT2D eigenvalue weighted by atomic mass is 16.5. The van der Waals surface area contributed by atoms with Crippen molar-refractivity contribution in [3.8, 4) is 22.9 Å². The predicted octanol–water partition coefficient (Wildman–Crippen LogP) is 2.94. The number of amides is 2. The van der Waals surface area contributed by atoms with Gasteiger partial charge in [0.2, 0.25) is 0 Å². The first-order valence-electron chi connectivity index (χ1n) is 12.0. The van der Waals surface area contributed by atoms with Crippen molar-refractivity contribution >= 4 is 11.8 Å². The first-order valence-corrected chi connectivity index (χ1v) is 12.0. The zero-order valence-electron chi connectivity index (χ0n) is 20.7. The van der Waals surface area contributed by atoms with Gasteiger partial charge in [0.05, 0.1) is 32.2 Å². The van der Waals surface area contributed by atoms with E-state index in [9.17, 15) is 9.59 Å². The standard InChI is InChI=1S/C26H31N5O5/c1-4-27-25(32)17-7-11-19(12-8-17)31-23(24(29-30-31)26(33)28-18-9-10-18)6-5-13-36-22-15-20(34-2)14-21(16-22)35-3/h7-8,11-12,14-16,18H,4-6,9-10,13H2,1-3H3,(H,27,32)(H,28,33). The third-order valence-electron chi connectivity index (χ3n) is 5.75. The summed E-state index contributed by atoms with van der Waals surface area (Å²) in [4.78, 5) is 24.9. The van der Waals surface area contributed by atoms with Gasteiger partial charge in [0.25, 0.3) is 11.8 Å². The fourth-order valence-electron chi connectivity index (χ4n) is 3.70. The first-order chi connectivity index (χ1) is 17.5. The van der Waals surface area contributed by atoms with Gasteiger partial charge in [-0.1, -0.05) is 5.21 Å². The molecule has 4 rings (SSSR count). The number of ether oxygens (including phenoxy) is 3. The monoisotopic (exact) mass is 493 g/mol. The molecular formula is C26H31N5O5. The average Bonchev–Trinajstić information content (AvgIpc) is 3.61. The molecule has 1 fully saturated rings. The third kappa shape index (κ3) is 6.12. The number of methoxy groups -OCH3 is 2. The van der Waals surface area contributed by atoms with E-state index in [-0.39, 0.29) is 17.9 Å². The lowest BCUT2D eigenvalue weighted by Crippen LogP contribution is -2.27. The molecule has 1 heterocycles. The second-order valence-corrected chi connectivity index (χ2v) is 8.45. The van der Waals surface area contributed by atoms with Crippen molar-refractivity contribution in [2.24, 2.45) is 0 Å². The zero-order valence-corrected chi connectivity index (χ0v) is 20.7. The lowest BCUT2D eigenvalue weighted by molar-refractivity contribution is 0.0940. The van der Waals surface area contributed by atoms with Gasteiger partial charge in [-0.25, -0.2) is 4.68 Å². The Hall–Kier alpha value is -4.08. The van der Waals surface area contributed by atoms with E-state index in [4.69, 9.17) is 14.2 Å². The van der Waals surface area contributed by atoms with E-state index in [1.165, 1.54) is 0 Å². The number of hydrogen-bond acceptors (Lipinski definition) is 7. The van der Waals surface area contributed by atoms with Crippen LogP contribution in [-0.2, 0) is 6.42 Å². The summed E-state index contributed by atoms with van der Waals surface area (Å²) >= 11 is 0. The number of nitrogens with zero attached hydrogens (tertiary/aromatic N) is 3. The molecule has 10 heteroatoms. The lowest BCUT2D eigenvalue weighted by atomic mass is 10.1. The maximum atomic E-state index is 12.8. The maximum Gasteiger partial charge on any atom is 0.273 e. The van der Waals surface area contributed by atoms with Crippen LogP contribution in [0.25, 0.3) is 5.69 Å². The van der Waals surface area contributed by atoms with Gasteiger partial charge in [-0.3, -0.25) is 9.59 Å². The van der Waals surface area contributed by atoms with Crippen molar-refractivity contribution in [2.75, 3.05) is 27.4 Å². The second-order valence-electron chi connectivity index (χ2n) is 8.45. The molecule has 1 saturated carbocycles. The number of benzene rings is 2. The fourth-order valence-corrected chi connectivity index (χ4v) is 3.70. The van der Waals surface area contributed by atoms with Gasteiger partial charge >= 0.3 is 0 Å². The van der Waals surface area contributed by atoms with Crippen LogP contribution >= 0.6 is 0 Å². The summed E-state index contributed by atoms with van der Waals surface area (Å²) < 4.78 is 18.2. The number of hydrogen-bond donors (Lipinski definition) is 2. The van der Waals surface area contributed by atoms with Crippen molar-refractivity contribution in [2.45, 2.75) is 38.6 Å². The summed E-state index contributed by atoms with van der Waals surface area (Å²) in [6.07, 6.45) is 3.09. The minimum atomic E-state index is -0.226. The van der Waals surface area contributed by atoms with Gasteiger partial charge in [0.15, 0.2) is 5.69 Å². The van der Waals surface area contributed by atoms with Crippen molar-refractivity contribution in [1.82, 2.24) is 25.6 Å². The summed E-state index contributed by atoms with van der Waals surface area (Å²) in [5.41, 5.74) is 2.26. The molecule has 1 aliphatic rings. The summed E-state index contributed by atoms with van der Waals surface area (Å²) in [5.74, 6) is 1.55. The normalized spacial score (nSPS) is 12.6. The van der Waals surface area contributed by atoms with Gasteiger partial charge in [-0.15, -0.1) is 5.10 Å². The van der Waals surface area contributed by atoms with E-state index < -0.39 is 0 Å². The number of carbonyl (C=O) groups excluding carboxylic acids is 2. The zero-order chi connectivity index (χ0) is 25.5. The molecule has 1 aliphatic carbocycles. The Balaban J connectivity index is 1.49. The first kappa shape index (κ1) is 25.0. The number of nitrogens with one attached hydrogen (secondary N) is 2. The largest absolute Gasteiger partial charge is 0.496 e. The molecule has 0 radical (unpaired) electrons. The van der Waals surface area contributed by atoms with Crippen LogP contribution in [0.15, 0.2) is 42.5 Å². The van der Waals surface area contributed by atoms with Gasteiger partial charge in [0, 0.05) is 36.3 Å². The van der Waals surface area contributed by atoms with Crippen molar-refractivity contribution in [3.63, 3.8) is 0 Å². The molecule has 2 amide bonds. The number of carbonyl (C=O) groups is 2. The van der Waals surface area contributed by atoms with Crippen molar-refractivity contribution in [1.29, 1.82) is 0 Å². The smallest absolute Gasteiger partial charge is 0.273 e. The second kappa shape index (κ2) is 11.6. The Morgan fingerprint density at radius 3 is 2.28 bits per heavy atom. The van der Waals surface area contributed by atoms with Crippen LogP contribution in [0.2, 0.25) is 0 Å². The van der Waals surface area contributed by atoms with Crippen LogP contribution in [0, 0.1) is 0 Å². The topological polar surface area (TPSA) is 117 Å². The Morgan fingerprint density at radius 1 is 1.00 bits per heavy atom. The molecule has 0 unspecified atom stereocenters. The van der Waals surface area contributed by atoms with Crippen LogP contribution in [0.4, 0.5) is 0 Å². The molecule has 10 nitrogen and oxygen atoms in total. The fraction of sp³-hybridized carbons (Fsp3) is 0.385. The van der Waals surface area contributed by atoms with Crippen molar-refractivity contribution < 1.29 is 23.8 Å². The number of aromatic nitrogens is 3. The number of rotatable bonds is 12. The Morgan fingerprint density at radius 2 is 1.67 bits per heavy atom. The molecule has 0 aliphatic heterocycles. The molecule has 2 N–H and O–H groups in total. The Bertz CT molecular complexity index is 1180. The molecule has 0 saturated heterocycles. The summed E-state index contributed by atoms with van der Waals surface area (Å²) in [5, 5.41) is 14.2. The molecule has 0 spiro atoms. The highest BCUT2D eigenvalue weighted by Crippen LogP contribution is 2.27. The van der Waals surface area contributed by atoms with Crippen LogP contribution < -0.4 is 24.8 Å². The molecular weight excluding hydrogens is 462 g/mol. The van der Waals surface area contributed by atoms with Crippen LogP contribution in [0.3, 0.4) is 0 Å². The third-order valence-corrected chi connectivity index (χ3v) is 5.75. The molecule has 0 bridgehead atoms. The van der Waals surface area contributed by atoms with E-state index in [1.807, 2.05) is 6.92 Å². The summed E-state index contributed by atoms with van der Waals surface area (Å²) in [7, 11) is 3.17. The van der Waals surface area contributed by atoms with E-state index in [0.717, 1.165) is 18.5 Å². The van der Waals surface area contributed by atoms with E-state index in [2.05, 4.69) is 20.9 Å². The van der Waals surface area contributed by atoms with Crippen LogP contribution in [0.5, 0.6) is 17.2 Å². The minimum Gasteiger partial charge on any atom is -0.496 e. The highest BCUT2D eigenvalue weighted by Gasteiger charge is 2.27. The molecule has 36 heavy (non-hydrogen) atoms. The summed E-state index contributed by atoms with van der Waals surface area (Å²) in [6.45, 7) is 2.83. The van der Waals surface area contributed by atoms with E-state index in [1.54, 1.807) is 61.4 Å². The van der Waals surface area contributed by atoms with Gasteiger partial charge in [0.1, 0.15) is 17.2 Å². The Labute approximate surface area is 209 Å².